The van der Waals surface area contributed by atoms with E-state index in [0.717, 1.165) is 28.1 Å². The third kappa shape index (κ3) is 5.04. The summed E-state index contributed by atoms with van der Waals surface area (Å²) in [4.78, 5) is 22.7. The van der Waals surface area contributed by atoms with E-state index in [0.29, 0.717) is 11.7 Å². The Kier molecular flexibility index (Phi) is 6.93. The summed E-state index contributed by atoms with van der Waals surface area (Å²) >= 11 is 3.25. The zero-order valence-corrected chi connectivity index (χ0v) is 18.3. The summed E-state index contributed by atoms with van der Waals surface area (Å²) in [6.07, 6.45) is 2.05. The van der Waals surface area contributed by atoms with Crippen molar-refractivity contribution in [2.24, 2.45) is 0 Å². The van der Waals surface area contributed by atoms with Gasteiger partial charge >= 0.3 is 0 Å². The number of para-hydroxylation sites is 1. The maximum Gasteiger partial charge on any atom is 0.266 e. The Morgan fingerprint density at radius 3 is 2.68 bits per heavy atom. The minimum atomic E-state index is -0.0887. The number of ether oxygens (including phenoxy) is 1. The third-order valence-electron chi connectivity index (χ3n) is 4.33. The Labute approximate surface area is 174 Å². The molecule has 5 nitrogen and oxygen atoms in total. The highest BCUT2D eigenvalue weighted by atomic mass is 32.2. The van der Waals surface area contributed by atoms with Crippen molar-refractivity contribution in [2.45, 2.75) is 11.8 Å². The fourth-order valence-corrected chi connectivity index (χ4v) is 4.26. The highest BCUT2D eigenvalue weighted by molar-refractivity contribution is 7.98. The lowest BCUT2D eigenvalue weighted by Crippen LogP contribution is -2.39. The van der Waals surface area contributed by atoms with E-state index in [4.69, 9.17) is 9.72 Å². The maximum absolute atomic E-state index is 13.0. The van der Waals surface area contributed by atoms with E-state index in [2.05, 4.69) is 23.3 Å². The van der Waals surface area contributed by atoms with Gasteiger partial charge in [-0.15, -0.1) is 11.8 Å². The average Bonchev–Trinajstić information content (AvgIpc) is 3.09. The monoisotopic (exact) mass is 415 g/mol. The van der Waals surface area contributed by atoms with Crippen LogP contribution in [0.25, 0.3) is 10.2 Å². The minimum Gasteiger partial charge on any atom is -0.483 e. The maximum atomic E-state index is 13.0. The van der Waals surface area contributed by atoms with Crippen LogP contribution in [-0.2, 0) is 4.79 Å². The number of hydrogen-bond acceptors (Lipinski definition) is 6. The van der Waals surface area contributed by atoms with Crippen LogP contribution in [0.5, 0.6) is 5.75 Å². The molecule has 3 aromatic rings. The Morgan fingerprint density at radius 2 is 1.96 bits per heavy atom. The van der Waals surface area contributed by atoms with Gasteiger partial charge in [-0.1, -0.05) is 29.5 Å². The second-order valence-electron chi connectivity index (χ2n) is 6.73. The van der Waals surface area contributed by atoms with Gasteiger partial charge in [0.15, 0.2) is 11.7 Å². The molecule has 1 heterocycles. The number of likely N-dealkylation sites (N-methyl/N-ethyl adjacent to an activating group) is 1. The Morgan fingerprint density at radius 1 is 1.18 bits per heavy atom. The van der Waals surface area contributed by atoms with Gasteiger partial charge < -0.3 is 9.64 Å². The first kappa shape index (κ1) is 20.6. The number of thioether (sulfide) groups is 1. The van der Waals surface area contributed by atoms with E-state index >= 15 is 0 Å². The first-order chi connectivity index (χ1) is 13.5. The fraction of sp³-hybridized carbons (Fsp3) is 0.333. The average molecular weight is 416 g/mol. The van der Waals surface area contributed by atoms with Gasteiger partial charge in [-0.3, -0.25) is 9.69 Å². The number of anilines is 1. The molecule has 0 aliphatic heterocycles. The van der Waals surface area contributed by atoms with Gasteiger partial charge in [0.1, 0.15) is 5.75 Å². The molecule has 0 unspecified atom stereocenters. The molecule has 3 rings (SSSR count). The topological polar surface area (TPSA) is 45.7 Å². The Bertz CT molecular complexity index is 956. The van der Waals surface area contributed by atoms with E-state index in [1.165, 1.54) is 4.90 Å². The van der Waals surface area contributed by atoms with Gasteiger partial charge in [0.05, 0.1) is 10.2 Å². The molecule has 28 heavy (non-hydrogen) atoms. The van der Waals surface area contributed by atoms with Crippen molar-refractivity contribution in [3.05, 3.63) is 48.0 Å². The fourth-order valence-electron chi connectivity index (χ4n) is 2.70. The SMILES string of the molecule is CSc1ccc2nc(N(CCN(C)C)C(=O)COc3ccccc3C)sc2c1. The van der Waals surface area contributed by atoms with Gasteiger partial charge in [0.25, 0.3) is 5.91 Å². The molecule has 0 aliphatic rings. The molecule has 0 fully saturated rings. The molecule has 0 saturated carbocycles. The van der Waals surface area contributed by atoms with Crippen LogP contribution in [0.15, 0.2) is 47.4 Å². The van der Waals surface area contributed by atoms with Crippen LogP contribution in [0.2, 0.25) is 0 Å². The lowest BCUT2D eigenvalue weighted by atomic mass is 10.2. The smallest absolute Gasteiger partial charge is 0.266 e. The predicted molar refractivity (Wildman–Crippen MR) is 119 cm³/mol. The van der Waals surface area contributed by atoms with Crippen LogP contribution < -0.4 is 9.64 Å². The van der Waals surface area contributed by atoms with Crippen molar-refractivity contribution in [3.8, 4) is 5.75 Å². The third-order valence-corrected chi connectivity index (χ3v) is 6.10. The number of carbonyl (C=O) groups excluding carboxylic acids is 1. The number of aryl methyl sites for hydroxylation is 1. The minimum absolute atomic E-state index is 0.00965. The Balaban J connectivity index is 1.81. The van der Waals surface area contributed by atoms with Crippen LogP contribution in [0, 0.1) is 6.92 Å². The number of benzene rings is 2. The van der Waals surface area contributed by atoms with E-state index < -0.39 is 0 Å². The lowest BCUT2D eigenvalue weighted by molar-refractivity contribution is -0.120. The summed E-state index contributed by atoms with van der Waals surface area (Å²) in [7, 11) is 3.99. The standard InChI is InChI=1S/C21H25N3O2S2/c1-15-7-5-6-8-18(15)26-14-20(25)24(12-11-23(2)3)21-22-17-10-9-16(27-4)13-19(17)28-21/h5-10,13H,11-12,14H2,1-4H3. The van der Waals surface area contributed by atoms with Gasteiger partial charge in [-0.25, -0.2) is 4.98 Å². The van der Waals surface area contributed by atoms with Crippen molar-refractivity contribution < 1.29 is 9.53 Å². The second kappa shape index (κ2) is 9.41. The van der Waals surface area contributed by atoms with Gasteiger partial charge in [-0.05, 0) is 57.1 Å². The largest absolute Gasteiger partial charge is 0.483 e. The van der Waals surface area contributed by atoms with Gasteiger partial charge in [0, 0.05) is 18.0 Å². The van der Waals surface area contributed by atoms with Crippen molar-refractivity contribution >= 4 is 44.4 Å². The van der Waals surface area contributed by atoms with E-state index in [1.807, 2.05) is 51.4 Å². The number of aromatic nitrogens is 1. The summed E-state index contributed by atoms with van der Waals surface area (Å²) in [6, 6.07) is 13.9. The number of fused-ring (bicyclic) bond motifs is 1. The highest BCUT2D eigenvalue weighted by Gasteiger charge is 2.21. The zero-order valence-electron chi connectivity index (χ0n) is 16.6. The number of hydrogen-bond donors (Lipinski definition) is 0. The highest BCUT2D eigenvalue weighted by Crippen LogP contribution is 2.31. The molecule has 1 aromatic heterocycles. The van der Waals surface area contributed by atoms with Gasteiger partial charge in [0.2, 0.25) is 0 Å². The lowest BCUT2D eigenvalue weighted by Gasteiger charge is -2.22. The second-order valence-corrected chi connectivity index (χ2v) is 8.62. The molecule has 0 saturated heterocycles. The molecule has 0 aliphatic carbocycles. The van der Waals surface area contributed by atoms with Crippen molar-refractivity contribution in [3.63, 3.8) is 0 Å². The molecule has 2 aromatic carbocycles. The summed E-state index contributed by atoms with van der Waals surface area (Å²) in [5.41, 5.74) is 1.93. The number of nitrogens with zero attached hydrogens (tertiary/aromatic N) is 3. The van der Waals surface area contributed by atoms with Crippen molar-refractivity contribution in [1.29, 1.82) is 0 Å². The molecule has 1 amide bonds. The normalized spacial score (nSPS) is 11.2. The molecule has 7 heteroatoms. The first-order valence-corrected chi connectivity index (χ1v) is 11.1. The van der Waals surface area contributed by atoms with Crippen LogP contribution in [0.3, 0.4) is 0 Å². The molecule has 0 spiro atoms. The molecule has 0 radical (unpaired) electrons. The summed E-state index contributed by atoms with van der Waals surface area (Å²) < 4.78 is 6.87. The van der Waals surface area contributed by atoms with Crippen LogP contribution in [-0.4, -0.2) is 55.8 Å². The molecular weight excluding hydrogens is 390 g/mol. The van der Waals surface area contributed by atoms with E-state index in [9.17, 15) is 4.79 Å². The summed E-state index contributed by atoms with van der Waals surface area (Å²) in [5.74, 6) is 0.645. The number of thiazole rings is 1. The van der Waals surface area contributed by atoms with Crippen molar-refractivity contribution in [1.82, 2.24) is 9.88 Å². The summed E-state index contributed by atoms with van der Waals surface area (Å²) in [6.45, 7) is 3.28. The number of amides is 1. The summed E-state index contributed by atoms with van der Waals surface area (Å²) in [5, 5.41) is 0.716. The molecule has 0 N–H and O–H groups in total. The van der Waals surface area contributed by atoms with Crippen LogP contribution in [0.1, 0.15) is 5.56 Å². The molecule has 0 bridgehead atoms. The van der Waals surface area contributed by atoms with E-state index in [1.54, 1.807) is 28.0 Å². The predicted octanol–water partition coefficient (Wildman–Crippen LogP) is 4.30. The van der Waals surface area contributed by atoms with E-state index in [-0.39, 0.29) is 12.5 Å². The van der Waals surface area contributed by atoms with Crippen LogP contribution in [0.4, 0.5) is 5.13 Å². The first-order valence-electron chi connectivity index (χ1n) is 9.06. The Hall–Kier alpha value is -2.09. The van der Waals surface area contributed by atoms with Gasteiger partial charge in [-0.2, -0.15) is 0 Å². The zero-order chi connectivity index (χ0) is 20.1. The molecule has 0 atom stereocenters. The van der Waals surface area contributed by atoms with Crippen molar-refractivity contribution in [2.75, 3.05) is 44.9 Å². The molecule has 148 valence electrons. The van der Waals surface area contributed by atoms with Crippen LogP contribution >= 0.6 is 23.1 Å². The number of rotatable bonds is 8. The molecular formula is C21H25N3O2S2. The quantitative estimate of drug-likeness (QED) is 0.513. The number of carbonyl (C=O) groups is 1.